The molecular formula is C9H11. The lowest BCUT2D eigenvalue weighted by molar-refractivity contribution is 1.22. The fourth-order valence-electron chi connectivity index (χ4n) is 0.830. The molecule has 0 spiro atoms. The summed E-state index contributed by atoms with van der Waals surface area (Å²) in [6, 6.07) is 0. The molecular weight excluding hydrogens is 108 g/mol. The van der Waals surface area contributed by atoms with Crippen LogP contribution in [0.3, 0.4) is 0 Å². The van der Waals surface area contributed by atoms with E-state index in [1.165, 1.54) is 5.57 Å². The van der Waals surface area contributed by atoms with Gasteiger partial charge in [0.15, 0.2) is 0 Å². The molecule has 1 aliphatic carbocycles. The van der Waals surface area contributed by atoms with Crippen LogP contribution in [0.1, 0.15) is 13.3 Å². The van der Waals surface area contributed by atoms with Gasteiger partial charge in [-0.1, -0.05) is 30.4 Å². The van der Waals surface area contributed by atoms with Gasteiger partial charge < -0.3 is 0 Å². The maximum absolute atomic E-state index is 3.85. The van der Waals surface area contributed by atoms with Crippen LogP contribution in [0.5, 0.6) is 0 Å². The predicted molar refractivity (Wildman–Crippen MR) is 41.0 cm³/mol. The van der Waals surface area contributed by atoms with E-state index >= 15 is 0 Å². The van der Waals surface area contributed by atoms with Crippen LogP contribution in [-0.2, 0) is 0 Å². The molecule has 0 heteroatoms. The fraction of sp³-hybridized carbons (Fsp3) is 0.222. The van der Waals surface area contributed by atoms with Crippen LogP contribution in [-0.4, -0.2) is 0 Å². The molecule has 47 valence electrons. The van der Waals surface area contributed by atoms with E-state index in [4.69, 9.17) is 0 Å². The molecule has 1 rings (SSSR count). The normalized spacial score (nSPS) is 17.2. The second kappa shape index (κ2) is 2.67. The van der Waals surface area contributed by atoms with E-state index in [0.29, 0.717) is 0 Å². The molecule has 0 aromatic heterocycles. The summed E-state index contributed by atoms with van der Waals surface area (Å²) in [7, 11) is 0. The Balaban J connectivity index is 2.69. The first kappa shape index (κ1) is 6.34. The largest absolute Gasteiger partial charge is 0.0955 e. The van der Waals surface area contributed by atoms with Gasteiger partial charge in [0, 0.05) is 0 Å². The molecule has 0 atom stereocenters. The van der Waals surface area contributed by atoms with Gasteiger partial charge in [0.1, 0.15) is 0 Å². The highest BCUT2D eigenvalue weighted by Gasteiger charge is 1.95. The van der Waals surface area contributed by atoms with Gasteiger partial charge in [0.05, 0.1) is 0 Å². The van der Waals surface area contributed by atoms with Crippen molar-refractivity contribution in [1.82, 2.24) is 0 Å². The third kappa shape index (κ3) is 1.56. The molecule has 0 heterocycles. The van der Waals surface area contributed by atoms with Gasteiger partial charge in [-0.25, -0.2) is 0 Å². The van der Waals surface area contributed by atoms with Crippen molar-refractivity contribution >= 4 is 0 Å². The zero-order valence-electron chi connectivity index (χ0n) is 5.72. The van der Waals surface area contributed by atoms with Crippen LogP contribution < -0.4 is 0 Å². The topological polar surface area (TPSA) is 0 Å². The number of rotatable bonds is 1. The third-order valence-corrected chi connectivity index (χ3v) is 1.38. The highest BCUT2D eigenvalue weighted by Crippen LogP contribution is 2.14. The number of hydrogen-bond donors (Lipinski definition) is 0. The smallest absolute Gasteiger partial charge is 0.0129 e. The molecule has 0 saturated heterocycles. The quantitative estimate of drug-likeness (QED) is 0.497. The van der Waals surface area contributed by atoms with Crippen molar-refractivity contribution in [2.75, 3.05) is 0 Å². The summed E-state index contributed by atoms with van der Waals surface area (Å²) >= 11 is 0. The average molecular weight is 119 g/mol. The molecule has 0 fully saturated rings. The van der Waals surface area contributed by atoms with Crippen LogP contribution in [0.15, 0.2) is 36.0 Å². The molecule has 0 aromatic rings. The van der Waals surface area contributed by atoms with Crippen molar-refractivity contribution in [3.63, 3.8) is 0 Å². The van der Waals surface area contributed by atoms with Crippen molar-refractivity contribution in [3.05, 3.63) is 42.4 Å². The third-order valence-electron chi connectivity index (χ3n) is 1.38. The Morgan fingerprint density at radius 3 is 2.78 bits per heavy atom. The molecule has 0 saturated carbocycles. The van der Waals surface area contributed by atoms with Crippen molar-refractivity contribution < 1.29 is 0 Å². The fourth-order valence-corrected chi connectivity index (χ4v) is 0.830. The summed E-state index contributed by atoms with van der Waals surface area (Å²) in [4.78, 5) is 0. The van der Waals surface area contributed by atoms with Gasteiger partial charge in [-0.3, -0.25) is 0 Å². The van der Waals surface area contributed by atoms with Crippen molar-refractivity contribution in [3.8, 4) is 0 Å². The lowest BCUT2D eigenvalue weighted by Gasteiger charge is -2.03. The monoisotopic (exact) mass is 119 g/mol. The second-order valence-electron chi connectivity index (χ2n) is 2.27. The minimum Gasteiger partial charge on any atom is -0.0955 e. The van der Waals surface area contributed by atoms with E-state index in [1.807, 2.05) is 6.92 Å². The van der Waals surface area contributed by atoms with Gasteiger partial charge in [-0.2, -0.15) is 0 Å². The maximum Gasteiger partial charge on any atom is -0.0129 e. The second-order valence-corrected chi connectivity index (χ2v) is 2.27. The lowest BCUT2D eigenvalue weighted by Crippen LogP contribution is -1.84. The summed E-state index contributed by atoms with van der Waals surface area (Å²) in [5.41, 5.74) is 2.43. The molecule has 1 radical (unpaired) electrons. The summed E-state index contributed by atoms with van der Waals surface area (Å²) in [5.74, 6) is 0. The Kier molecular flexibility index (Phi) is 1.88. The molecule has 1 aliphatic rings. The van der Waals surface area contributed by atoms with Crippen LogP contribution >= 0.6 is 0 Å². The molecule has 9 heavy (non-hydrogen) atoms. The molecule has 0 unspecified atom stereocenters. The standard InChI is InChI=1S/C9H11/c1-8(2)9-6-4-3-5-7-9/h3-4,6-7H,1,5H2,2H3. The zero-order valence-corrected chi connectivity index (χ0v) is 5.72. The lowest BCUT2D eigenvalue weighted by atomic mass is 10.0. The first-order valence-electron chi connectivity index (χ1n) is 3.16. The Hall–Kier alpha value is -0.780. The van der Waals surface area contributed by atoms with Gasteiger partial charge in [-0.15, -0.1) is 0 Å². The van der Waals surface area contributed by atoms with Crippen molar-refractivity contribution in [2.24, 2.45) is 0 Å². The first-order chi connectivity index (χ1) is 4.30. The van der Waals surface area contributed by atoms with Gasteiger partial charge in [0.25, 0.3) is 0 Å². The Labute approximate surface area is 56.6 Å². The minimum atomic E-state index is 1.05. The van der Waals surface area contributed by atoms with E-state index < -0.39 is 0 Å². The van der Waals surface area contributed by atoms with E-state index in [-0.39, 0.29) is 0 Å². The molecule has 0 aliphatic heterocycles. The van der Waals surface area contributed by atoms with Gasteiger partial charge in [0.2, 0.25) is 0 Å². The average Bonchev–Trinajstić information content (AvgIpc) is 1.90. The highest BCUT2D eigenvalue weighted by molar-refractivity contribution is 5.40. The first-order valence-corrected chi connectivity index (χ1v) is 3.16. The van der Waals surface area contributed by atoms with Crippen molar-refractivity contribution in [1.29, 1.82) is 0 Å². The number of allylic oxidation sites excluding steroid dienone is 5. The summed E-state index contributed by atoms with van der Waals surface area (Å²) in [6.07, 6.45) is 9.53. The van der Waals surface area contributed by atoms with Crippen LogP contribution in [0.4, 0.5) is 0 Å². The molecule has 0 N–H and O–H groups in total. The SMILES string of the molecule is C=C(C)C1=CC[CH]C=C1. The minimum absolute atomic E-state index is 1.05. The zero-order chi connectivity index (χ0) is 6.69. The van der Waals surface area contributed by atoms with E-state index in [0.717, 1.165) is 12.0 Å². The van der Waals surface area contributed by atoms with Crippen LogP contribution in [0.25, 0.3) is 0 Å². The summed E-state index contributed by atoms with van der Waals surface area (Å²) in [5, 5.41) is 0. The van der Waals surface area contributed by atoms with E-state index in [9.17, 15) is 0 Å². The maximum atomic E-state index is 3.85. The number of hydrogen-bond acceptors (Lipinski definition) is 0. The highest BCUT2D eigenvalue weighted by atomic mass is 14.0. The summed E-state index contributed by atoms with van der Waals surface area (Å²) < 4.78 is 0. The summed E-state index contributed by atoms with van der Waals surface area (Å²) in [6.45, 7) is 5.87. The van der Waals surface area contributed by atoms with Gasteiger partial charge >= 0.3 is 0 Å². The molecule has 0 aromatic carbocycles. The Bertz CT molecular complexity index is 170. The van der Waals surface area contributed by atoms with Crippen LogP contribution in [0, 0.1) is 6.42 Å². The van der Waals surface area contributed by atoms with E-state index in [1.54, 1.807) is 0 Å². The van der Waals surface area contributed by atoms with Crippen LogP contribution in [0.2, 0.25) is 0 Å². The molecule has 0 amide bonds. The Morgan fingerprint density at radius 1 is 1.67 bits per heavy atom. The van der Waals surface area contributed by atoms with Gasteiger partial charge in [-0.05, 0) is 25.3 Å². The molecule has 0 bridgehead atoms. The Morgan fingerprint density at radius 2 is 2.44 bits per heavy atom. The van der Waals surface area contributed by atoms with Crippen molar-refractivity contribution in [2.45, 2.75) is 13.3 Å². The van der Waals surface area contributed by atoms with E-state index in [2.05, 4.69) is 31.2 Å². The molecule has 0 nitrogen and oxygen atoms in total. The predicted octanol–water partition coefficient (Wildman–Crippen LogP) is 2.65.